The van der Waals surface area contributed by atoms with Crippen LogP contribution < -0.4 is 0 Å². The van der Waals surface area contributed by atoms with Gasteiger partial charge in [-0.3, -0.25) is 0 Å². The van der Waals surface area contributed by atoms with Crippen LogP contribution in [-0.2, 0) is 25.7 Å². The molecule has 8 aromatic rings. The highest BCUT2D eigenvalue weighted by Crippen LogP contribution is 2.53. The van der Waals surface area contributed by atoms with Gasteiger partial charge in [0.25, 0.3) is 0 Å². The van der Waals surface area contributed by atoms with Crippen LogP contribution in [0.25, 0.3) is 78.5 Å². The molecule has 0 spiro atoms. The standard InChI is InChI=1S/C46H40N2S5/c1-5-29-23-25-49-35(29)19-21-37-31(7-3)27-39(51-37)43-41(33-15-11-9-12-16-33)42(34-17-13-10-14-18-34)44(46-45(43)47-53-48-46)40-28-32(8-4)38(52-40)22-20-36-30(6-2)24-26-50-36/h9-28H,5-8H2,1-4H3/b21-19+,22-20+. The van der Waals surface area contributed by atoms with Crippen molar-refractivity contribution >= 4 is 92.4 Å². The molecule has 5 aromatic heterocycles. The number of hydrogen-bond donors (Lipinski definition) is 0. The highest BCUT2D eigenvalue weighted by molar-refractivity contribution is 7.17. The smallest absolute Gasteiger partial charge is 0.114 e. The molecular weight excluding hydrogens is 741 g/mol. The van der Waals surface area contributed by atoms with E-state index in [1.165, 1.54) is 96.6 Å². The second kappa shape index (κ2) is 16.0. The lowest BCUT2D eigenvalue weighted by Crippen LogP contribution is -1.95. The second-order valence-corrected chi connectivity index (χ2v) is 17.5. The van der Waals surface area contributed by atoms with E-state index in [1.54, 1.807) is 0 Å². The van der Waals surface area contributed by atoms with Crippen molar-refractivity contribution in [2.75, 3.05) is 0 Å². The molecular formula is C46H40N2S5. The zero-order valence-corrected chi connectivity index (χ0v) is 34.4. The number of hydrogen-bond acceptors (Lipinski definition) is 7. The summed E-state index contributed by atoms with van der Waals surface area (Å²) in [4.78, 5) is 7.75. The van der Waals surface area contributed by atoms with Crippen LogP contribution >= 0.6 is 57.1 Å². The van der Waals surface area contributed by atoms with Gasteiger partial charge in [0.2, 0.25) is 0 Å². The molecule has 0 aliphatic carbocycles. The number of aromatic nitrogens is 2. The van der Waals surface area contributed by atoms with Gasteiger partial charge >= 0.3 is 0 Å². The summed E-state index contributed by atoms with van der Waals surface area (Å²) in [6, 6.07) is 31.2. The molecule has 0 radical (unpaired) electrons. The molecule has 2 nitrogen and oxygen atoms in total. The average molecular weight is 781 g/mol. The van der Waals surface area contributed by atoms with Crippen LogP contribution in [0.5, 0.6) is 0 Å². The van der Waals surface area contributed by atoms with Crippen molar-refractivity contribution in [2.24, 2.45) is 0 Å². The van der Waals surface area contributed by atoms with Crippen LogP contribution in [0.2, 0.25) is 0 Å². The van der Waals surface area contributed by atoms with Crippen LogP contribution in [0.15, 0.2) is 95.7 Å². The van der Waals surface area contributed by atoms with Crippen LogP contribution in [0.1, 0.15) is 69.5 Å². The van der Waals surface area contributed by atoms with Crippen LogP contribution in [0.4, 0.5) is 0 Å². The SMILES string of the molecule is CCc1ccsc1/C=C/c1sc(-c2c(-c3ccccc3)c(-c3ccccc3)c(-c3cc(CC)c(/C=C/c4sccc4CC)s3)c3nsnc23)cc1CC. The Hall–Kier alpha value is -4.24. The molecule has 0 N–H and O–H groups in total. The van der Waals surface area contributed by atoms with Gasteiger partial charge in [-0.1, -0.05) is 88.4 Å². The molecule has 0 amide bonds. The molecule has 0 bridgehead atoms. The van der Waals surface area contributed by atoms with E-state index < -0.39 is 0 Å². The van der Waals surface area contributed by atoms with E-state index in [2.05, 4.69) is 148 Å². The van der Waals surface area contributed by atoms with Crippen molar-refractivity contribution in [3.05, 3.63) is 137 Å². The van der Waals surface area contributed by atoms with E-state index in [-0.39, 0.29) is 0 Å². The van der Waals surface area contributed by atoms with E-state index >= 15 is 0 Å². The van der Waals surface area contributed by atoms with Crippen molar-refractivity contribution < 1.29 is 0 Å². The third-order valence-corrected chi connectivity index (χ3v) is 14.6. The number of rotatable bonds is 12. The lowest BCUT2D eigenvalue weighted by Gasteiger charge is -2.20. The Morgan fingerprint density at radius 1 is 0.453 bits per heavy atom. The fraction of sp³-hybridized carbons (Fsp3) is 0.174. The average Bonchev–Trinajstić information content (AvgIpc) is 4.06. The predicted octanol–water partition coefficient (Wildman–Crippen LogP) is 15.2. The molecule has 0 saturated heterocycles. The lowest BCUT2D eigenvalue weighted by atomic mass is 9.84. The molecule has 264 valence electrons. The van der Waals surface area contributed by atoms with Gasteiger partial charge in [0.05, 0.1) is 11.7 Å². The summed E-state index contributed by atoms with van der Waals surface area (Å²) in [5, 5.41) is 4.40. The maximum absolute atomic E-state index is 5.13. The number of fused-ring (bicyclic) bond motifs is 1. The maximum atomic E-state index is 5.13. The van der Waals surface area contributed by atoms with Crippen molar-refractivity contribution in [1.29, 1.82) is 0 Å². The zero-order valence-electron chi connectivity index (χ0n) is 30.3. The first-order valence-corrected chi connectivity index (χ1v) is 22.4. The van der Waals surface area contributed by atoms with Crippen LogP contribution in [0.3, 0.4) is 0 Å². The second-order valence-electron chi connectivity index (χ2n) is 12.9. The Morgan fingerprint density at radius 3 is 1.25 bits per heavy atom. The summed E-state index contributed by atoms with van der Waals surface area (Å²) in [7, 11) is 0. The molecule has 0 unspecified atom stereocenters. The Bertz CT molecular complexity index is 2380. The van der Waals surface area contributed by atoms with Gasteiger partial charge < -0.3 is 0 Å². The summed E-state index contributed by atoms with van der Waals surface area (Å²) in [6.07, 6.45) is 13.3. The van der Waals surface area contributed by atoms with Crippen molar-refractivity contribution in [3.8, 4) is 43.1 Å². The van der Waals surface area contributed by atoms with E-state index in [4.69, 9.17) is 8.75 Å². The van der Waals surface area contributed by atoms with Gasteiger partial charge in [0.1, 0.15) is 11.0 Å². The van der Waals surface area contributed by atoms with Crippen LogP contribution in [-0.4, -0.2) is 8.75 Å². The first-order valence-electron chi connectivity index (χ1n) is 18.3. The molecule has 5 heterocycles. The summed E-state index contributed by atoms with van der Waals surface area (Å²) >= 11 is 8.70. The van der Waals surface area contributed by atoms with Crippen molar-refractivity contribution in [3.63, 3.8) is 0 Å². The number of thiophene rings is 4. The van der Waals surface area contributed by atoms with Gasteiger partial charge in [-0.2, -0.15) is 8.75 Å². The zero-order chi connectivity index (χ0) is 36.3. The quantitative estimate of drug-likeness (QED) is 0.123. The summed E-state index contributed by atoms with van der Waals surface area (Å²) in [5.41, 5.74) is 14.6. The summed E-state index contributed by atoms with van der Waals surface area (Å²) < 4.78 is 10.3. The van der Waals surface area contributed by atoms with E-state index in [0.717, 1.165) is 36.7 Å². The topological polar surface area (TPSA) is 25.8 Å². The summed E-state index contributed by atoms with van der Waals surface area (Å²) in [5.74, 6) is 0. The Labute approximate surface area is 332 Å². The molecule has 7 heteroatoms. The molecule has 0 atom stereocenters. The predicted molar refractivity (Wildman–Crippen MR) is 239 cm³/mol. The highest BCUT2D eigenvalue weighted by Gasteiger charge is 2.28. The summed E-state index contributed by atoms with van der Waals surface area (Å²) in [6.45, 7) is 8.99. The first kappa shape index (κ1) is 35.8. The third kappa shape index (κ3) is 6.97. The minimum atomic E-state index is 0.959. The Kier molecular flexibility index (Phi) is 10.8. The third-order valence-electron chi connectivity index (χ3n) is 9.87. The van der Waals surface area contributed by atoms with Gasteiger partial charge in [-0.15, -0.1) is 45.3 Å². The van der Waals surface area contributed by atoms with Gasteiger partial charge in [-0.05, 0) is 118 Å². The minimum absolute atomic E-state index is 0.959. The van der Waals surface area contributed by atoms with Gasteiger partial charge in [0.15, 0.2) is 0 Å². The van der Waals surface area contributed by atoms with E-state index in [9.17, 15) is 0 Å². The van der Waals surface area contributed by atoms with Crippen LogP contribution in [0, 0.1) is 0 Å². The Balaban J connectivity index is 1.40. The first-order chi connectivity index (χ1) is 26.1. The number of aryl methyl sites for hydroxylation is 4. The molecule has 3 aromatic carbocycles. The highest BCUT2D eigenvalue weighted by atomic mass is 32.1. The van der Waals surface area contributed by atoms with Crippen molar-refractivity contribution in [1.82, 2.24) is 8.75 Å². The molecule has 8 rings (SSSR count). The number of nitrogens with zero attached hydrogens (tertiary/aromatic N) is 2. The van der Waals surface area contributed by atoms with E-state index in [1.807, 2.05) is 45.3 Å². The van der Waals surface area contributed by atoms with Gasteiger partial charge in [-0.25, -0.2) is 0 Å². The fourth-order valence-electron chi connectivity index (χ4n) is 7.11. The fourth-order valence-corrected chi connectivity index (χ4v) is 11.9. The maximum Gasteiger partial charge on any atom is 0.114 e. The van der Waals surface area contributed by atoms with E-state index in [0.29, 0.717) is 0 Å². The molecule has 53 heavy (non-hydrogen) atoms. The Morgan fingerprint density at radius 2 is 0.849 bits per heavy atom. The monoisotopic (exact) mass is 780 g/mol. The normalized spacial score (nSPS) is 11.9. The number of benzene rings is 3. The van der Waals surface area contributed by atoms with Crippen molar-refractivity contribution in [2.45, 2.75) is 53.4 Å². The molecule has 0 aliphatic heterocycles. The lowest BCUT2D eigenvalue weighted by molar-refractivity contribution is 1.15. The largest absolute Gasteiger partial charge is 0.172 e. The van der Waals surface area contributed by atoms with Gasteiger partial charge in [0, 0.05) is 51.5 Å². The minimum Gasteiger partial charge on any atom is -0.172 e. The molecule has 0 saturated carbocycles. The molecule has 0 aliphatic rings. The molecule has 0 fully saturated rings.